The molecule has 1 amide bonds. The summed E-state index contributed by atoms with van der Waals surface area (Å²) >= 11 is 1.21. The largest absolute Gasteiger partial charge is 0.461 e. The first-order chi connectivity index (χ1) is 13.1. The normalized spacial score (nSPS) is 13.5. The van der Waals surface area contributed by atoms with Crippen LogP contribution in [0.4, 0.5) is 5.00 Å². The Bertz CT molecular complexity index is 1080. The molecule has 1 N–H and O–H groups in total. The van der Waals surface area contributed by atoms with E-state index in [1.165, 1.54) is 16.0 Å². The number of hydrogen-bond donors (Lipinski definition) is 1. The molecule has 0 aliphatic heterocycles. The van der Waals surface area contributed by atoms with Crippen molar-refractivity contribution in [3.63, 3.8) is 0 Å². The molecule has 0 radical (unpaired) electrons. The predicted octanol–water partition coefficient (Wildman–Crippen LogP) is 2.97. The van der Waals surface area contributed by atoms with E-state index in [0.29, 0.717) is 16.1 Å². The number of carbonyl (C=O) groups excluding carboxylic acids is 2. The van der Waals surface area contributed by atoms with Crippen molar-refractivity contribution < 1.29 is 14.3 Å². The zero-order chi connectivity index (χ0) is 19.0. The molecular formula is C19H17N3O4S. The summed E-state index contributed by atoms with van der Waals surface area (Å²) in [4.78, 5) is 37.7. The highest BCUT2D eigenvalue weighted by Gasteiger charge is 2.31. The average molecular weight is 383 g/mol. The van der Waals surface area contributed by atoms with Gasteiger partial charge in [0.25, 0.3) is 5.56 Å². The summed E-state index contributed by atoms with van der Waals surface area (Å²) < 4.78 is 6.28. The lowest BCUT2D eigenvalue weighted by Gasteiger charge is -2.09. The van der Waals surface area contributed by atoms with Crippen molar-refractivity contribution in [2.24, 2.45) is 5.92 Å². The minimum Gasteiger partial charge on any atom is -0.461 e. The van der Waals surface area contributed by atoms with Gasteiger partial charge in [-0.05, 0) is 31.9 Å². The maximum Gasteiger partial charge on any atom is 0.359 e. The fourth-order valence-electron chi connectivity index (χ4n) is 2.80. The van der Waals surface area contributed by atoms with Crippen molar-refractivity contribution in [2.45, 2.75) is 19.8 Å². The summed E-state index contributed by atoms with van der Waals surface area (Å²) in [6, 6.07) is 8.83. The third-order valence-corrected chi connectivity index (χ3v) is 5.20. The molecule has 8 heteroatoms. The van der Waals surface area contributed by atoms with Gasteiger partial charge in [0.05, 0.1) is 17.7 Å². The lowest BCUT2D eigenvalue weighted by molar-refractivity contribution is -0.117. The van der Waals surface area contributed by atoms with Gasteiger partial charge in [-0.25, -0.2) is 4.79 Å². The molecular weight excluding hydrogens is 366 g/mol. The van der Waals surface area contributed by atoms with Crippen LogP contribution in [-0.4, -0.2) is 28.3 Å². The molecule has 3 aromatic rings. The second-order valence-corrected chi connectivity index (χ2v) is 7.12. The predicted molar refractivity (Wildman–Crippen MR) is 103 cm³/mol. The van der Waals surface area contributed by atoms with E-state index in [1.54, 1.807) is 36.6 Å². The van der Waals surface area contributed by atoms with Crippen molar-refractivity contribution in [3.8, 4) is 5.69 Å². The Morgan fingerprint density at radius 2 is 2.04 bits per heavy atom. The van der Waals surface area contributed by atoms with E-state index in [2.05, 4.69) is 10.4 Å². The van der Waals surface area contributed by atoms with Gasteiger partial charge in [0.2, 0.25) is 5.91 Å². The van der Waals surface area contributed by atoms with Crippen LogP contribution in [0, 0.1) is 5.92 Å². The van der Waals surface area contributed by atoms with Crippen molar-refractivity contribution in [1.82, 2.24) is 9.78 Å². The molecule has 1 aliphatic carbocycles. The monoisotopic (exact) mass is 383 g/mol. The molecule has 1 aliphatic rings. The highest BCUT2D eigenvalue weighted by molar-refractivity contribution is 7.16. The number of nitrogens with zero attached hydrogens (tertiary/aromatic N) is 2. The minimum atomic E-state index is -0.606. The summed E-state index contributed by atoms with van der Waals surface area (Å²) in [6.07, 6.45) is 1.72. The fraction of sp³-hybridized carbons (Fsp3) is 0.263. The van der Waals surface area contributed by atoms with E-state index in [1.807, 2.05) is 6.07 Å². The number of nitrogens with one attached hydrogen (secondary N) is 1. The van der Waals surface area contributed by atoms with Gasteiger partial charge < -0.3 is 10.1 Å². The average Bonchev–Trinajstić information content (AvgIpc) is 3.45. The number of esters is 1. The van der Waals surface area contributed by atoms with Crippen LogP contribution in [0.25, 0.3) is 16.5 Å². The van der Waals surface area contributed by atoms with Crippen LogP contribution in [0.15, 0.2) is 40.5 Å². The van der Waals surface area contributed by atoms with Crippen LogP contribution >= 0.6 is 11.3 Å². The zero-order valence-electron chi connectivity index (χ0n) is 14.6. The molecule has 138 valence electrons. The van der Waals surface area contributed by atoms with Gasteiger partial charge in [0, 0.05) is 16.7 Å². The second-order valence-electron chi connectivity index (χ2n) is 6.24. The van der Waals surface area contributed by atoms with Crippen LogP contribution in [-0.2, 0) is 9.53 Å². The topological polar surface area (TPSA) is 90.3 Å². The second kappa shape index (κ2) is 6.96. The van der Waals surface area contributed by atoms with Crippen LogP contribution in [0.3, 0.4) is 0 Å². The summed E-state index contributed by atoms with van der Waals surface area (Å²) in [5.41, 5.74) is 0.190. The van der Waals surface area contributed by atoms with E-state index in [4.69, 9.17) is 4.74 Å². The lowest BCUT2D eigenvalue weighted by Crippen LogP contribution is -2.25. The Hall–Kier alpha value is -3.00. The SMILES string of the molecule is CCOC(=O)c1nn(-c2ccccc2)c(=O)c2c(NC(=O)C3CC3)scc12. The number of para-hydroxylation sites is 1. The van der Waals surface area contributed by atoms with Crippen LogP contribution in [0.1, 0.15) is 30.3 Å². The number of fused-ring (bicyclic) bond motifs is 1. The number of amides is 1. The van der Waals surface area contributed by atoms with Gasteiger partial charge in [-0.1, -0.05) is 18.2 Å². The molecule has 1 aromatic carbocycles. The number of anilines is 1. The molecule has 0 bridgehead atoms. The molecule has 27 heavy (non-hydrogen) atoms. The van der Waals surface area contributed by atoms with Crippen LogP contribution in [0.2, 0.25) is 0 Å². The number of aromatic nitrogens is 2. The number of hydrogen-bond acceptors (Lipinski definition) is 6. The maximum absolute atomic E-state index is 13.1. The van der Waals surface area contributed by atoms with E-state index in [9.17, 15) is 14.4 Å². The molecule has 1 saturated carbocycles. The molecule has 0 unspecified atom stereocenters. The van der Waals surface area contributed by atoms with E-state index in [-0.39, 0.29) is 29.5 Å². The number of ether oxygens (including phenoxy) is 1. The van der Waals surface area contributed by atoms with Gasteiger partial charge in [-0.15, -0.1) is 11.3 Å². The minimum absolute atomic E-state index is 0.00450. The van der Waals surface area contributed by atoms with Gasteiger partial charge >= 0.3 is 5.97 Å². The number of benzene rings is 1. The highest BCUT2D eigenvalue weighted by Crippen LogP contribution is 2.34. The third kappa shape index (κ3) is 3.23. The molecule has 7 nitrogen and oxygen atoms in total. The van der Waals surface area contributed by atoms with Gasteiger partial charge in [0.15, 0.2) is 5.69 Å². The Morgan fingerprint density at radius 3 is 2.70 bits per heavy atom. The summed E-state index contributed by atoms with van der Waals surface area (Å²) in [5, 5.41) is 9.84. The first-order valence-corrected chi connectivity index (χ1v) is 9.56. The van der Waals surface area contributed by atoms with Crippen molar-refractivity contribution in [3.05, 3.63) is 51.8 Å². The Morgan fingerprint density at radius 1 is 1.30 bits per heavy atom. The fourth-order valence-corrected chi connectivity index (χ4v) is 3.74. The van der Waals surface area contributed by atoms with Gasteiger partial charge in [-0.3, -0.25) is 9.59 Å². The lowest BCUT2D eigenvalue weighted by atomic mass is 10.2. The Kier molecular flexibility index (Phi) is 4.49. The molecule has 2 aromatic heterocycles. The van der Waals surface area contributed by atoms with E-state index in [0.717, 1.165) is 12.8 Å². The first kappa shape index (κ1) is 17.4. The standard InChI is InChI=1S/C19H17N3O4S/c1-2-26-19(25)15-13-10-27-17(20-16(23)11-8-9-11)14(13)18(24)22(21-15)12-6-4-3-5-7-12/h3-7,10-11H,2,8-9H2,1H3,(H,20,23). The van der Waals surface area contributed by atoms with E-state index < -0.39 is 11.5 Å². The van der Waals surface area contributed by atoms with Crippen molar-refractivity contribution >= 4 is 39.0 Å². The molecule has 2 heterocycles. The maximum atomic E-state index is 13.1. The Balaban J connectivity index is 1.92. The molecule has 0 saturated heterocycles. The number of rotatable bonds is 5. The van der Waals surface area contributed by atoms with Gasteiger partial charge in [0.1, 0.15) is 5.00 Å². The smallest absolute Gasteiger partial charge is 0.359 e. The van der Waals surface area contributed by atoms with Gasteiger partial charge in [-0.2, -0.15) is 9.78 Å². The van der Waals surface area contributed by atoms with Crippen LogP contribution < -0.4 is 10.9 Å². The number of thiophene rings is 1. The molecule has 0 atom stereocenters. The summed E-state index contributed by atoms with van der Waals surface area (Å²) in [7, 11) is 0. The van der Waals surface area contributed by atoms with Crippen LogP contribution in [0.5, 0.6) is 0 Å². The first-order valence-electron chi connectivity index (χ1n) is 8.68. The molecule has 1 fully saturated rings. The molecule has 4 rings (SSSR count). The third-order valence-electron chi connectivity index (χ3n) is 4.31. The molecule has 0 spiro atoms. The summed E-state index contributed by atoms with van der Waals surface area (Å²) in [6.45, 7) is 1.90. The highest BCUT2D eigenvalue weighted by atomic mass is 32.1. The Labute approximate surface area is 158 Å². The quantitative estimate of drug-likeness (QED) is 0.684. The number of carbonyl (C=O) groups is 2. The zero-order valence-corrected chi connectivity index (χ0v) is 15.4. The van der Waals surface area contributed by atoms with Crippen molar-refractivity contribution in [2.75, 3.05) is 11.9 Å². The summed E-state index contributed by atoms with van der Waals surface area (Å²) in [5.74, 6) is -0.700. The van der Waals surface area contributed by atoms with Crippen molar-refractivity contribution in [1.29, 1.82) is 0 Å². The van der Waals surface area contributed by atoms with E-state index >= 15 is 0 Å².